The Balaban J connectivity index is 1.81. The highest BCUT2D eigenvalue weighted by Gasteiger charge is 2.03. The first-order valence-corrected chi connectivity index (χ1v) is 6.66. The molecule has 1 heterocycles. The fraction of sp³-hybridized carbons (Fsp3) is 0.333. The van der Waals surface area contributed by atoms with Crippen molar-refractivity contribution < 1.29 is 0 Å². The smallest absolute Gasteiger partial charge is 0.0692 e. The highest BCUT2D eigenvalue weighted by Crippen LogP contribution is 2.13. The summed E-state index contributed by atoms with van der Waals surface area (Å²) in [5.74, 6) is 0. The standard InChI is InChI=1S/C12H15IN4/c1-10(11-2-4-12(13)5-3-11)14-6-8-17-9-7-15-16-17/h2-5,7,9-10,14H,6,8H2,1H3. The highest BCUT2D eigenvalue weighted by molar-refractivity contribution is 14.1. The van der Waals surface area contributed by atoms with E-state index in [1.54, 1.807) is 6.20 Å². The van der Waals surface area contributed by atoms with Crippen LogP contribution < -0.4 is 5.32 Å². The van der Waals surface area contributed by atoms with Crippen molar-refractivity contribution in [1.82, 2.24) is 20.3 Å². The van der Waals surface area contributed by atoms with Crippen molar-refractivity contribution in [2.45, 2.75) is 19.5 Å². The van der Waals surface area contributed by atoms with Crippen molar-refractivity contribution in [2.24, 2.45) is 0 Å². The molecule has 5 heteroatoms. The number of hydrogen-bond donors (Lipinski definition) is 1. The summed E-state index contributed by atoms with van der Waals surface area (Å²) in [6, 6.07) is 8.94. The van der Waals surface area contributed by atoms with Crippen LogP contribution in [0.1, 0.15) is 18.5 Å². The molecule has 1 aromatic carbocycles. The van der Waals surface area contributed by atoms with Crippen molar-refractivity contribution >= 4 is 22.6 Å². The van der Waals surface area contributed by atoms with Crippen LogP contribution in [-0.4, -0.2) is 21.5 Å². The number of nitrogens with zero attached hydrogens (tertiary/aromatic N) is 3. The van der Waals surface area contributed by atoms with Crippen molar-refractivity contribution in [3.63, 3.8) is 0 Å². The molecular formula is C12H15IN4. The summed E-state index contributed by atoms with van der Waals surface area (Å²) in [5.41, 5.74) is 1.31. The Bertz CT molecular complexity index is 438. The van der Waals surface area contributed by atoms with Crippen molar-refractivity contribution in [2.75, 3.05) is 6.54 Å². The van der Waals surface area contributed by atoms with Crippen LogP contribution in [-0.2, 0) is 6.54 Å². The van der Waals surface area contributed by atoms with E-state index in [4.69, 9.17) is 0 Å². The minimum atomic E-state index is 0.357. The highest BCUT2D eigenvalue weighted by atomic mass is 127. The van der Waals surface area contributed by atoms with Crippen LogP contribution in [0.4, 0.5) is 0 Å². The zero-order valence-corrected chi connectivity index (χ0v) is 11.8. The molecule has 0 spiro atoms. The van der Waals surface area contributed by atoms with Gasteiger partial charge in [0.25, 0.3) is 0 Å². The van der Waals surface area contributed by atoms with E-state index < -0.39 is 0 Å². The van der Waals surface area contributed by atoms with Gasteiger partial charge in [0.15, 0.2) is 0 Å². The van der Waals surface area contributed by atoms with Crippen molar-refractivity contribution in [1.29, 1.82) is 0 Å². The maximum atomic E-state index is 3.92. The minimum Gasteiger partial charge on any atom is -0.308 e. The van der Waals surface area contributed by atoms with Gasteiger partial charge in [-0.15, -0.1) is 5.10 Å². The quantitative estimate of drug-likeness (QED) is 0.848. The van der Waals surface area contributed by atoms with Gasteiger partial charge in [0, 0.05) is 22.4 Å². The number of aromatic nitrogens is 3. The van der Waals surface area contributed by atoms with Gasteiger partial charge in [0.1, 0.15) is 0 Å². The number of rotatable bonds is 5. The predicted molar refractivity (Wildman–Crippen MR) is 75.6 cm³/mol. The molecule has 0 radical (unpaired) electrons. The SMILES string of the molecule is CC(NCCn1ccnn1)c1ccc(I)cc1. The van der Waals surface area contributed by atoms with Crippen LogP contribution >= 0.6 is 22.6 Å². The molecule has 2 aromatic rings. The Hall–Kier alpha value is -0.950. The molecule has 2 rings (SSSR count). The Labute approximate surface area is 115 Å². The van der Waals surface area contributed by atoms with Gasteiger partial charge in [-0.1, -0.05) is 17.3 Å². The van der Waals surface area contributed by atoms with Gasteiger partial charge in [-0.2, -0.15) is 0 Å². The Morgan fingerprint density at radius 3 is 2.76 bits per heavy atom. The molecule has 0 aliphatic heterocycles. The molecule has 0 saturated carbocycles. The van der Waals surface area contributed by atoms with Crippen LogP contribution in [0.2, 0.25) is 0 Å². The average molecular weight is 342 g/mol. The molecular weight excluding hydrogens is 327 g/mol. The van der Waals surface area contributed by atoms with E-state index >= 15 is 0 Å². The lowest BCUT2D eigenvalue weighted by Gasteiger charge is -2.14. The zero-order valence-electron chi connectivity index (χ0n) is 9.68. The third kappa shape index (κ3) is 3.78. The lowest BCUT2D eigenvalue weighted by Crippen LogP contribution is -2.23. The molecule has 0 bridgehead atoms. The van der Waals surface area contributed by atoms with E-state index in [1.807, 2.05) is 10.9 Å². The molecule has 0 saturated heterocycles. The first-order valence-electron chi connectivity index (χ1n) is 5.58. The third-order valence-corrected chi connectivity index (χ3v) is 3.35. The normalized spacial score (nSPS) is 12.6. The molecule has 0 fully saturated rings. The molecule has 1 N–H and O–H groups in total. The predicted octanol–water partition coefficient (Wildman–Crippen LogP) is 2.23. The maximum Gasteiger partial charge on any atom is 0.0692 e. The van der Waals surface area contributed by atoms with Crippen LogP contribution in [0.3, 0.4) is 0 Å². The van der Waals surface area contributed by atoms with E-state index in [9.17, 15) is 0 Å². The van der Waals surface area contributed by atoms with E-state index in [2.05, 4.69) is 69.4 Å². The second-order valence-corrected chi connectivity index (χ2v) is 5.14. The molecule has 1 aromatic heterocycles. The monoisotopic (exact) mass is 342 g/mol. The van der Waals surface area contributed by atoms with E-state index in [0.29, 0.717) is 6.04 Å². The number of hydrogen-bond acceptors (Lipinski definition) is 3. The second kappa shape index (κ2) is 6.11. The molecule has 4 nitrogen and oxygen atoms in total. The third-order valence-electron chi connectivity index (χ3n) is 2.63. The lowest BCUT2D eigenvalue weighted by atomic mass is 10.1. The van der Waals surface area contributed by atoms with Crippen molar-refractivity contribution in [3.8, 4) is 0 Å². The summed E-state index contributed by atoms with van der Waals surface area (Å²) in [6.07, 6.45) is 3.57. The Kier molecular flexibility index (Phi) is 4.49. The number of nitrogens with one attached hydrogen (secondary N) is 1. The van der Waals surface area contributed by atoms with Gasteiger partial charge >= 0.3 is 0 Å². The average Bonchev–Trinajstić information content (AvgIpc) is 2.83. The van der Waals surface area contributed by atoms with Crippen molar-refractivity contribution in [3.05, 3.63) is 45.8 Å². The Morgan fingerprint density at radius 2 is 2.12 bits per heavy atom. The van der Waals surface area contributed by atoms with Gasteiger partial charge < -0.3 is 5.32 Å². The molecule has 0 amide bonds. The van der Waals surface area contributed by atoms with Crippen LogP contribution in [0.25, 0.3) is 0 Å². The molecule has 1 unspecified atom stereocenters. The fourth-order valence-electron chi connectivity index (χ4n) is 1.62. The summed E-state index contributed by atoms with van der Waals surface area (Å²) in [4.78, 5) is 0. The van der Waals surface area contributed by atoms with Gasteiger partial charge in [-0.05, 0) is 47.2 Å². The van der Waals surface area contributed by atoms with Gasteiger partial charge in [-0.3, -0.25) is 4.68 Å². The van der Waals surface area contributed by atoms with Gasteiger partial charge in [-0.25, -0.2) is 0 Å². The fourth-order valence-corrected chi connectivity index (χ4v) is 1.98. The summed E-state index contributed by atoms with van der Waals surface area (Å²) in [6.45, 7) is 3.90. The van der Waals surface area contributed by atoms with Crippen LogP contribution in [0.15, 0.2) is 36.7 Å². The summed E-state index contributed by atoms with van der Waals surface area (Å²) in [5, 5.41) is 11.2. The van der Waals surface area contributed by atoms with Gasteiger partial charge in [0.2, 0.25) is 0 Å². The summed E-state index contributed by atoms with van der Waals surface area (Å²) in [7, 11) is 0. The van der Waals surface area contributed by atoms with Crippen LogP contribution in [0.5, 0.6) is 0 Å². The molecule has 17 heavy (non-hydrogen) atoms. The largest absolute Gasteiger partial charge is 0.308 e. The van der Waals surface area contributed by atoms with Gasteiger partial charge in [0.05, 0.1) is 12.7 Å². The maximum absolute atomic E-state index is 3.92. The van der Waals surface area contributed by atoms with E-state index in [1.165, 1.54) is 9.13 Å². The van der Waals surface area contributed by atoms with Crippen LogP contribution in [0, 0.1) is 3.57 Å². The minimum absolute atomic E-state index is 0.357. The molecule has 1 atom stereocenters. The number of benzene rings is 1. The van der Waals surface area contributed by atoms with E-state index in [0.717, 1.165) is 13.1 Å². The summed E-state index contributed by atoms with van der Waals surface area (Å²) >= 11 is 2.32. The second-order valence-electron chi connectivity index (χ2n) is 3.89. The molecule has 0 aliphatic rings. The first-order chi connectivity index (χ1) is 8.25. The lowest BCUT2D eigenvalue weighted by molar-refractivity contribution is 0.499. The zero-order chi connectivity index (χ0) is 12.1. The van der Waals surface area contributed by atoms with E-state index in [-0.39, 0.29) is 0 Å². The topological polar surface area (TPSA) is 42.7 Å². The Morgan fingerprint density at radius 1 is 1.35 bits per heavy atom. The summed E-state index contributed by atoms with van der Waals surface area (Å²) < 4.78 is 3.09. The first kappa shape index (κ1) is 12.5. The molecule has 90 valence electrons. The number of halogens is 1. The molecule has 0 aliphatic carbocycles.